The van der Waals surface area contributed by atoms with Gasteiger partial charge in [-0.1, -0.05) is 0 Å². The van der Waals surface area contributed by atoms with Gasteiger partial charge in [0.25, 0.3) is 5.91 Å². The second-order valence-corrected chi connectivity index (χ2v) is 4.50. The molecule has 3 heterocycles. The molecule has 0 atom stereocenters. The van der Waals surface area contributed by atoms with E-state index in [-0.39, 0.29) is 5.69 Å². The number of hydrogen-bond acceptors (Lipinski definition) is 4. The predicted octanol–water partition coefficient (Wildman–Crippen LogP) is 0.895. The van der Waals surface area contributed by atoms with Crippen LogP contribution in [0.5, 0.6) is 0 Å². The maximum absolute atomic E-state index is 11.1. The lowest BCUT2D eigenvalue weighted by Crippen LogP contribution is -2.10. The van der Waals surface area contributed by atoms with Gasteiger partial charge < -0.3 is 5.73 Å². The quantitative estimate of drug-likeness (QED) is 0.730. The summed E-state index contributed by atoms with van der Waals surface area (Å²) in [6.45, 7) is 0. The van der Waals surface area contributed by atoms with Crippen LogP contribution in [-0.2, 0) is 7.05 Å². The topological polar surface area (TPSA) is 78.2 Å². The number of nitrogens with two attached hydrogens (primary N) is 1. The highest BCUT2D eigenvalue weighted by Gasteiger charge is 2.13. The van der Waals surface area contributed by atoms with E-state index in [0.29, 0.717) is 0 Å². The van der Waals surface area contributed by atoms with Gasteiger partial charge in [-0.05, 0) is 0 Å². The molecule has 3 aromatic heterocycles. The predicted molar refractivity (Wildman–Crippen MR) is 63.8 cm³/mol. The minimum Gasteiger partial charge on any atom is -0.364 e. The van der Waals surface area contributed by atoms with E-state index in [1.54, 1.807) is 17.1 Å². The maximum Gasteiger partial charge on any atom is 0.268 e. The number of primary amides is 1. The molecule has 0 aliphatic rings. The largest absolute Gasteiger partial charge is 0.364 e. The summed E-state index contributed by atoms with van der Waals surface area (Å²) in [5, 5.41) is 6.09. The van der Waals surface area contributed by atoms with E-state index >= 15 is 0 Å². The van der Waals surface area contributed by atoms with Crippen molar-refractivity contribution in [1.82, 2.24) is 19.2 Å². The van der Waals surface area contributed by atoms with Crippen LogP contribution in [-0.4, -0.2) is 25.1 Å². The molecule has 0 radical (unpaired) electrons. The van der Waals surface area contributed by atoms with Crippen molar-refractivity contribution >= 4 is 22.2 Å². The van der Waals surface area contributed by atoms with Gasteiger partial charge in [-0.3, -0.25) is 13.9 Å². The van der Waals surface area contributed by atoms with E-state index in [1.165, 1.54) is 11.3 Å². The average molecular weight is 247 g/mol. The fraction of sp³-hybridized carbons (Fsp3) is 0.100. The molecular weight excluding hydrogens is 238 g/mol. The zero-order chi connectivity index (χ0) is 12.0. The van der Waals surface area contributed by atoms with Crippen molar-refractivity contribution in [2.75, 3.05) is 0 Å². The first kappa shape index (κ1) is 10.0. The van der Waals surface area contributed by atoms with E-state index in [9.17, 15) is 4.79 Å². The Morgan fingerprint density at radius 3 is 2.94 bits per heavy atom. The second kappa shape index (κ2) is 3.42. The van der Waals surface area contributed by atoms with Crippen molar-refractivity contribution in [2.45, 2.75) is 0 Å². The molecule has 0 saturated carbocycles. The molecule has 0 bridgehead atoms. The molecule has 0 saturated heterocycles. The smallest absolute Gasteiger partial charge is 0.268 e. The number of fused-ring (bicyclic) bond motifs is 1. The lowest BCUT2D eigenvalue weighted by Gasteiger charge is -1.92. The molecule has 86 valence electrons. The molecule has 1 amide bonds. The van der Waals surface area contributed by atoms with Crippen molar-refractivity contribution in [3.05, 3.63) is 29.7 Å². The summed E-state index contributed by atoms with van der Waals surface area (Å²) >= 11 is 1.46. The number of amides is 1. The summed E-state index contributed by atoms with van der Waals surface area (Å²) in [5.74, 6) is -0.516. The summed E-state index contributed by atoms with van der Waals surface area (Å²) in [6, 6.07) is 0. The third-order valence-corrected chi connectivity index (χ3v) is 3.30. The minimum absolute atomic E-state index is 0.280. The maximum atomic E-state index is 11.1. The molecule has 0 aliphatic carbocycles. The van der Waals surface area contributed by atoms with Crippen molar-refractivity contribution in [2.24, 2.45) is 12.8 Å². The number of aryl methyl sites for hydroxylation is 1. The van der Waals surface area contributed by atoms with Crippen molar-refractivity contribution in [1.29, 1.82) is 0 Å². The molecule has 6 nitrogen and oxygen atoms in total. The number of rotatable bonds is 2. The fourth-order valence-corrected chi connectivity index (χ4v) is 2.55. The van der Waals surface area contributed by atoms with Crippen LogP contribution in [0.4, 0.5) is 0 Å². The normalized spacial score (nSPS) is 11.1. The summed E-state index contributed by atoms with van der Waals surface area (Å²) in [6.07, 6.45) is 5.33. The zero-order valence-corrected chi connectivity index (χ0v) is 9.81. The lowest BCUT2D eigenvalue weighted by atomic mass is 10.3. The Balaban J connectivity index is 2.20. The first-order valence-corrected chi connectivity index (χ1v) is 5.78. The molecule has 3 aromatic rings. The van der Waals surface area contributed by atoms with Gasteiger partial charge in [0, 0.05) is 30.4 Å². The number of carbonyl (C=O) groups excluding carboxylic acids is 1. The van der Waals surface area contributed by atoms with Gasteiger partial charge in [-0.15, -0.1) is 11.3 Å². The van der Waals surface area contributed by atoms with Gasteiger partial charge in [-0.2, -0.15) is 5.10 Å². The Morgan fingerprint density at radius 1 is 1.47 bits per heavy atom. The molecular formula is C10H9N5OS. The monoisotopic (exact) mass is 247 g/mol. The average Bonchev–Trinajstić information content (AvgIpc) is 2.90. The molecule has 7 heteroatoms. The number of carbonyl (C=O) groups is 1. The minimum atomic E-state index is -0.516. The lowest BCUT2D eigenvalue weighted by molar-refractivity contribution is 0.0996. The van der Waals surface area contributed by atoms with Gasteiger partial charge >= 0.3 is 0 Å². The standard InChI is InChI=1S/C10H9N5OS/c1-14-3-6(2-12-14)8-5-17-10-13-7(9(11)16)4-15(8)10/h2-5H,1H3,(H2,11,16). The van der Waals surface area contributed by atoms with Gasteiger partial charge in [-0.25, -0.2) is 4.98 Å². The van der Waals surface area contributed by atoms with E-state index < -0.39 is 5.91 Å². The number of hydrogen-bond donors (Lipinski definition) is 1. The van der Waals surface area contributed by atoms with Gasteiger partial charge in [0.1, 0.15) is 5.69 Å². The number of aromatic nitrogens is 4. The van der Waals surface area contributed by atoms with Crippen LogP contribution in [0.15, 0.2) is 24.0 Å². The van der Waals surface area contributed by atoms with Crippen LogP contribution in [0.25, 0.3) is 16.2 Å². The van der Waals surface area contributed by atoms with Crippen molar-refractivity contribution < 1.29 is 4.79 Å². The van der Waals surface area contributed by atoms with Crippen LogP contribution in [0.2, 0.25) is 0 Å². The molecule has 0 aliphatic heterocycles. The number of imidazole rings is 1. The van der Waals surface area contributed by atoms with E-state index in [2.05, 4.69) is 10.1 Å². The highest BCUT2D eigenvalue weighted by Crippen LogP contribution is 2.25. The third-order valence-electron chi connectivity index (χ3n) is 2.46. The first-order valence-electron chi connectivity index (χ1n) is 4.90. The van der Waals surface area contributed by atoms with E-state index in [0.717, 1.165) is 16.2 Å². The zero-order valence-electron chi connectivity index (χ0n) is 8.99. The third kappa shape index (κ3) is 1.51. The van der Waals surface area contributed by atoms with E-state index in [4.69, 9.17) is 5.73 Å². The number of thiazole rings is 1. The highest BCUT2D eigenvalue weighted by atomic mass is 32.1. The van der Waals surface area contributed by atoms with Crippen LogP contribution >= 0.6 is 11.3 Å². The Morgan fingerprint density at radius 2 is 2.29 bits per heavy atom. The van der Waals surface area contributed by atoms with Crippen LogP contribution < -0.4 is 5.73 Å². The second-order valence-electron chi connectivity index (χ2n) is 3.67. The molecule has 3 rings (SSSR count). The Kier molecular flexibility index (Phi) is 2.02. The molecule has 2 N–H and O–H groups in total. The molecule has 0 unspecified atom stereocenters. The molecule has 0 aromatic carbocycles. The summed E-state index contributed by atoms with van der Waals surface area (Å²) < 4.78 is 3.58. The SMILES string of the molecule is Cn1cc(-c2csc3nc(C(N)=O)cn23)cn1. The van der Waals surface area contributed by atoms with Crippen LogP contribution in [0.1, 0.15) is 10.5 Å². The summed E-state index contributed by atoms with van der Waals surface area (Å²) in [7, 11) is 1.86. The molecule has 0 spiro atoms. The Labute approximate surface area is 100 Å². The van der Waals surface area contributed by atoms with Gasteiger partial charge in [0.2, 0.25) is 0 Å². The van der Waals surface area contributed by atoms with Crippen LogP contribution in [0, 0.1) is 0 Å². The number of nitrogens with zero attached hydrogens (tertiary/aromatic N) is 4. The Hall–Kier alpha value is -2.15. The fourth-order valence-electron chi connectivity index (χ4n) is 1.66. The molecule has 0 fully saturated rings. The Bertz CT molecular complexity index is 707. The van der Waals surface area contributed by atoms with E-state index in [1.807, 2.05) is 23.0 Å². The summed E-state index contributed by atoms with van der Waals surface area (Å²) in [4.78, 5) is 15.9. The van der Waals surface area contributed by atoms with Crippen molar-refractivity contribution in [3.63, 3.8) is 0 Å². The van der Waals surface area contributed by atoms with Crippen LogP contribution in [0.3, 0.4) is 0 Å². The van der Waals surface area contributed by atoms with Gasteiger partial charge in [0.15, 0.2) is 4.96 Å². The summed E-state index contributed by atoms with van der Waals surface area (Å²) in [5.41, 5.74) is 7.42. The van der Waals surface area contributed by atoms with Gasteiger partial charge in [0.05, 0.1) is 11.9 Å². The molecule has 17 heavy (non-hydrogen) atoms. The first-order chi connectivity index (χ1) is 8.15. The van der Waals surface area contributed by atoms with Crippen molar-refractivity contribution in [3.8, 4) is 11.3 Å². The highest BCUT2D eigenvalue weighted by molar-refractivity contribution is 7.15.